The molecule has 3 aromatic heterocycles. The average Bonchev–Trinajstić information content (AvgIpc) is 3.47. The van der Waals surface area contributed by atoms with Crippen molar-refractivity contribution in [3.63, 3.8) is 0 Å². The van der Waals surface area contributed by atoms with Crippen LogP contribution in [-0.2, 0) is 0 Å². The maximum absolute atomic E-state index is 13.0. The second kappa shape index (κ2) is 11.4. The molecule has 2 fully saturated rings. The summed E-state index contributed by atoms with van der Waals surface area (Å²) in [5, 5.41) is 4.22. The normalized spacial score (nSPS) is 20.9. The van der Waals surface area contributed by atoms with Crippen molar-refractivity contribution >= 4 is 16.8 Å². The van der Waals surface area contributed by atoms with E-state index >= 15 is 0 Å². The van der Waals surface area contributed by atoms with Gasteiger partial charge in [-0.3, -0.25) is 14.3 Å². The average molecular weight is 509 g/mol. The topological polar surface area (TPSA) is 75.9 Å². The maximum Gasteiger partial charge on any atom is 0.252 e. The Bertz CT molecular complexity index is 1350. The highest BCUT2D eigenvalue weighted by Gasteiger charge is 2.27. The highest BCUT2D eigenvalue weighted by molar-refractivity contribution is 6.06. The van der Waals surface area contributed by atoms with Gasteiger partial charge in [0.1, 0.15) is 11.6 Å². The zero-order valence-corrected chi connectivity index (χ0v) is 21.9. The smallest absolute Gasteiger partial charge is 0.252 e. The maximum atomic E-state index is 13.0. The van der Waals surface area contributed by atoms with Gasteiger partial charge in [0, 0.05) is 47.7 Å². The lowest BCUT2D eigenvalue weighted by molar-refractivity contribution is 0.0921. The predicted molar refractivity (Wildman–Crippen MR) is 149 cm³/mol. The van der Waals surface area contributed by atoms with E-state index in [0.29, 0.717) is 5.92 Å². The fourth-order valence-corrected chi connectivity index (χ4v) is 6.25. The van der Waals surface area contributed by atoms with Crippen molar-refractivity contribution in [2.24, 2.45) is 5.92 Å². The molecule has 1 aliphatic heterocycles. The molecule has 0 radical (unpaired) electrons. The second-order valence-corrected chi connectivity index (χ2v) is 10.8. The van der Waals surface area contributed by atoms with E-state index in [0.717, 1.165) is 72.8 Å². The number of aromatic nitrogens is 4. The number of hydrogen-bond donors (Lipinski definition) is 1. The lowest BCUT2D eigenvalue weighted by Crippen LogP contribution is -2.39. The SMILES string of the molecule is O=C(N[C@H]1CC[C@H](CCN2CCC(c3nccn3-c3ccccn3)CC2)CC1)c1cccc2ncccc12. The number of rotatable bonds is 7. The molecule has 0 unspecified atom stereocenters. The Morgan fingerprint density at radius 2 is 1.68 bits per heavy atom. The summed E-state index contributed by atoms with van der Waals surface area (Å²) >= 11 is 0. The summed E-state index contributed by atoms with van der Waals surface area (Å²) < 4.78 is 2.15. The third-order valence-electron chi connectivity index (χ3n) is 8.44. The molecule has 7 nitrogen and oxygen atoms in total. The second-order valence-electron chi connectivity index (χ2n) is 10.8. The van der Waals surface area contributed by atoms with E-state index < -0.39 is 0 Å². The number of amides is 1. The van der Waals surface area contributed by atoms with Crippen molar-refractivity contribution in [1.29, 1.82) is 0 Å². The minimum atomic E-state index is 0.0265. The van der Waals surface area contributed by atoms with E-state index in [-0.39, 0.29) is 11.9 Å². The van der Waals surface area contributed by atoms with Gasteiger partial charge in [0.25, 0.3) is 5.91 Å². The third-order valence-corrected chi connectivity index (χ3v) is 8.44. The molecule has 2 aliphatic rings. The highest BCUT2D eigenvalue weighted by Crippen LogP contribution is 2.31. The molecule has 1 aromatic carbocycles. The van der Waals surface area contributed by atoms with Crippen LogP contribution in [0.15, 0.2) is 73.3 Å². The van der Waals surface area contributed by atoms with Gasteiger partial charge >= 0.3 is 0 Å². The van der Waals surface area contributed by atoms with Crippen LogP contribution in [0.4, 0.5) is 0 Å². The number of nitrogens with one attached hydrogen (secondary N) is 1. The minimum absolute atomic E-state index is 0.0265. The number of piperidine rings is 1. The van der Waals surface area contributed by atoms with E-state index in [1.165, 1.54) is 25.8 Å². The summed E-state index contributed by atoms with van der Waals surface area (Å²) in [6.45, 7) is 3.43. The number of imidazole rings is 1. The summed E-state index contributed by atoms with van der Waals surface area (Å²) in [7, 11) is 0. The molecule has 1 saturated heterocycles. The quantitative estimate of drug-likeness (QED) is 0.363. The van der Waals surface area contributed by atoms with Crippen LogP contribution in [-0.4, -0.2) is 56.0 Å². The molecule has 1 N–H and O–H groups in total. The van der Waals surface area contributed by atoms with E-state index in [9.17, 15) is 4.79 Å². The molecule has 38 heavy (non-hydrogen) atoms. The van der Waals surface area contributed by atoms with E-state index in [2.05, 4.69) is 24.8 Å². The van der Waals surface area contributed by atoms with Gasteiger partial charge in [-0.15, -0.1) is 0 Å². The van der Waals surface area contributed by atoms with Crippen LogP contribution in [0.5, 0.6) is 0 Å². The molecule has 4 heterocycles. The molecule has 0 atom stereocenters. The van der Waals surface area contributed by atoms with Crippen LogP contribution in [0.2, 0.25) is 0 Å². The number of fused-ring (bicyclic) bond motifs is 1. The molecule has 6 rings (SSSR count). The summed E-state index contributed by atoms with van der Waals surface area (Å²) in [5.74, 6) is 3.36. The van der Waals surface area contributed by atoms with Crippen LogP contribution in [0.3, 0.4) is 0 Å². The molecule has 1 aliphatic carbocycles. The third kappa shape index (κ3) is 5.48. The Morgan fingerprint density at radius 3 is 2.50 bits per heavy atom. The van der Waals surface area contributed by atoms with E-state index in [1.54, 1.807) is 6.20 Å². The van der Waals surface area contributed by atoms with Gasteiger partial charge in [-0.2, -0.15) is 0 Å². The molecule has 4 aromatic rings. The van der Waals surface area contributed by atoms with Gasteiger partial charge in [-0.1, -0.05) is 18.2 Å². The highest BCUT2D eigenvalue weighted by atomic mass is 16.1. The summed E-state index contributed by atoms with van der Waals surface area (Å²) in [4.78, 5) is 29.2. The summed E-state index contributed by atoms with van der Waals surface area (Å²) in [6.07, 6.45) is 15.6. The molecular weight excluding hydrogens is 472 g/mol. The van der Waals surface area contributed by atoms with Crippen molar-refractivity contribution in [3.05, 3.63) is 84.7 Å². The van der Waals surface area contributed by atoms with Crippen LogP contribution in [0, 0.1) is 5.92 Å². The van der Waals surface area contributed by atoms with Crippen molar-refractivity contribution in [3.8, 4) is 5.82 Å². The lowest BCUT2D eigenvalue weighted by atomic mass is 9.83. The zero-order valence-electron chi connectivity index (χ0n) is 21.9. The zero-order chi connectivity index (χ0) is 25.7. The first-order valence-electron chi connectivity index (χ1n) is 14.1. The minimum Gasteiger partial charge on any atom is -0.349 e. The first-order valence-corrected chi connectivity index (χ1v) is 14.1. The first-order chi connectivity index (χ1) is 18.7. The monoisotopic (exact) mass is 508 g/mol. The van der Waals surface area contributed by atoms with Gasteiger partial charge in [0.15, 0.2) is 0 Å². The van der Waals surface area contributed by atoms with Crippen LogP contribution in [0.1, 0.15) is 67.0 Å². The van der Waals surface area contributed by atoms with Crippen molar-refractivity contribution < 1.29 is 4.79 Å². The van der Waals surface area contributed by atoms with Crippen molar-refractivity contribution in [2.75, 3.05) is 19.6 Å². The van der Waals surface area contributed by atoms with Gasteiger partial charge in [0.05, 0.1) is 5.52 Å². The Balaban J connectivity index is 0.943. The van der Waals surface area contributed by atoms with Crippen LogP contribution < -0.4 is 5.32 Å². The predicted octanol–water partition coefficient (Wildman–Crippen LogP) is 5.37. The molecule has 1 saturated carbocycles. The fourth-order valence-electron chi connectivity index (χ4n) is 6.25. The van der Waals surface area contributed by atoms with Gasteiger partial charge < -0.3 is 10.2 Å². The number of pyridine rings is 2. The number of carbonyl (C=O) groups excluding carboxylic acids is 1. The molecule has 0 bridgehead atoms. The Labute approximate surface area is 224 Å². The molecule has 0 spiro atoms. The van der Waals surface area contributed by atoms with Gasteiger partial charge in [0.2, 0.25) is 0 Å². The number of benzene rings is 1. The van der Waals surface area contributed by atoms with Crippen LogP contribution in [0.25, 0.3) is 16.7 Å². The first kappa shape index (κ1) is 24.7. The summed E-state index contributed by atoms with van der Waals surface area (Å²) in [6, 6.07) is 15.9. The van der Waals surface area contributed by atoms with Crippen LogP contribution >= 0.6 is 0 Å². The number of carbonyl (C=O) groups is 1. The Hall–Kier alpha value is -3.58. The summed E-state index contributed by atoms with van der Waals surface area (Å²) in [5.41, 5.74) is 1.59. The van der Waals surface area contributed by atoms with Crippen molar-refractivity contribution in [2.45, 2.75) is 56.9 Å². The fraction of sp³-hybridized carbons (Fsp3) is 0.419. The largest absolute Gasteiger partial charge is 0.349 e. The Kier molecular flexibility index (Phi) is 7.45. The van der Waals surface area contributed by atoms with Gasteiger partial charge in [-0.25, -0.2) is 9.97 Å². The van der Waals surface area contributed by atoms with E-state index in [1.807, 2.05) is 67.1 Å². The van der Waals surface area contributed by atoms with Gasteiger partial charge in [-0.05, 0) is 101 Å². The molecule has 1 amide bonds. The number of likely N-dealkylation sites (tertiary alicyclic amines) is 1. The number of nitrogens with zero attached hydrogens (tertiary/aromatic N) is 5. The van der Waals surface area contributed by atoms with E-state index in [4.69, 9.17) is 4.98 Å². The Morgan fingerprint density at radius 1 is 0.842 bits per heavy atom. The standard InChI is InChI=1S/C31H36N6O/c38-31(27-5-3-7-28-26(27)6-4-17-32-28)35-25-11-9-23(10-12-25)13-19-36-20-14-24(15-21-36)30-34-18-22-37(30)29-8-1-2-16-33-29/h1-8,16-18,22-25H,9-15,19-21H2,(H,35,38)/t23-,25-. The lowest BCUT2D eigenvalue weighted by Gasteiger charge is -2.34. The van der Waals surface area contributed by atoms with Crippen molar-refractivity contribution in [1.82, 2.24) is 29.7 Å². The molecular formula is C31H36N6O. The molecule has 196 valence electrons. The number of hydrogen-bond acceptors (Lipinski definition) is 5. The molecule has 7 heteroatoms.